The lowest BCUT2D eigenvalue weighted by Gasteiger charge is -2.03. The third-order valence-electron chi connectivity index (χ3n) is 3.58. The average Bonchev–Trinajstić information content (AvgIpc) is 2.87. The van der Waals surface area contributed by atoms with Crippen LogP contribution >= 0.6 is 11.3 Å². The van der Waals surface area contributed by atoms with E-state index in [0.717, 1.165) is 26.9 Å². The molecular formula is C16H9N3O3S. The Morgan fingerprint density at radius 2 is 1.83 bits per heavy atom. The zero-order valence-corrected chi connectivity index (χ0v) is 12.5. The van der Waals surface area contributed by atoms with Crippen LogP contribution < -0.4 is 4.87 Å². The van der Waals surface area contributed by atoms with Gasteiger partial charge in [-0.1, -0.05) is 29.5 Å². The van der Waals surface area contributed by atoms with Crippen molar-refractivity contribution in [2.75, 3.05) is 0 Å². The Balaban J connectivity index is 1.98. The first-order chi connectivity index (χ1) is 11.1. The van der Waals surface area contributed by atoms with Crippen molar-refractivity contribution in [1.82, 2.24) is 9.55 Å². The Morgan fingerprint density at radius 3 is 2.57 bits per heavy atom. The van der Waals surface area contributed by atoms with Crippen molar-refractivity contribution >= 4 is 38.3 Å². The van der Waals surface area contributed by atoms with Crippen LogP contribution in [0.3, 0.4) is 0 Å². The summed E-state index contributed by atoms with van der Waals surface area (Å²) in [7, 11) is 0. The highest BCUT2D eigenvalue weighted by Gasteiger charge is 2.13. The highest BCUT2D eigenvalue weighted by molar-refractivity contribution is 7.16. The van der Waals surface area contributed by atoms with E-state index >= 15 is 0 Å². The van der Waals surface area contributed by atoms with E-state index in [4.69, 9.17) is 0 Å². The van der Waals surface area contributed by atoms with Gasteiger partial charge in [0.25, 0.3) is 5.69 Å². The number of pyridine rings is 1. The van der Waals surface area contributed by atoms with Gasteiger partial charge in [0, 0.05) is 17.5 Å². The molecule has 0 amide bonds. The van der Waals surface area contributed by atoms with Gasteiger partial charge >= 0.3 is 4.87 Å². The molecule has 0 saturated heterocycles. The van der Waals surface area contributed by atoms with E-state index in [9.17, 15) is 14.9 Å². The second-order valence-electron chi connectivity index (χ2n) is 4.98. The van der Waals surface area contributed by atoms with Gasteiger partial charge in [-0.05, 0) is 24.3 Å². The topological polar surface area (TPSA) is 78.0 Å². The molecule has 0 spiro atoms. The largest absolute Gasteiger partial charge is 0.313 e. The highest BCUT2D eigenvalue weighted by atomic mass is 32.1. The maximum Gasteiger partial charge on any atom is 0.313 e. The van der Waals surface area contributed by atoms with Crippen LogP contribution in [0.2, 0.25) is 0 Å². The lowest BCUT2D eigenvalue weighted by Crippen LogP contribution is -2.10. The quantitative estimate of drug-likeness (QED) is 0.418. The molecule has 6 nitrogen and oxygen atoms in total. The molecule has 0 fully saturated rings. The number of aromatic nitrogens is 2. The Bertz CT molecular complexity index is 1110. The molecule has 4 aromatic rings. The van der Waals surface area contributed by atoms with E-state index in [1.807, 2.05) is 30.3 Å². The molecule has 0 saturated carbocycles. The van der Waals surface area contributed by atoms with Crippen molar-refractivity contribution < 1.29 is 4.92 Å². The molecule has 0 radical (unpaired) electrons. The van der Waals surface area contributed by atoms with Gasteiger partial charge in [0.2, 0.25) is 0 Å². The normalized spacial score (nSPS) is 11.1. The molecule has 0 aliphatic carbocycles. The van der Waals surface area contributed by atoms with Crippen LogP contribution in [0, 0.1) is 10.1 Å². The standard InChI is InChI=1S/C16H9N3O3S/c20-16-18(11-5-7-12(8-6-11)19(21)22)15-14(23-16)9-10-3-1-2-4-13(10)17-15/h1-9H. The Hall–Kier alpha value is -3.06. The van der Waals surface area contributed by atoms with Crippen molar-refractivity contribution in [1.29, 1.82) is 0 Å². The van der Waals surface area contributed by atoms with E-state index in [0.29, 0.717) is 11.3 Å². The molecule has 23 heavy (non-hydrogen) atoms. The maximum absolute atomic E-state index is 12.3. The molecular weight excluding hydrogens is 314 g/mol. The summed E-state index contributed by atoms with van der Waals surface area (Å²) >= 11 is 1.11. The monoisotopic (exact) mass is 323 g/mol. The zero-order valence-electron chi connectivity index (χ0n) is 11.7. The highest BCUT2D eigenvalue weighted by Crippen LogP contribution is 2.24. The number of para-hydroxylation sites is 1. The summed E-state index contributed by atoms with van der Waals surface area (Å²) in [6.45, 7) is 0. The first-order valence-corrected chi connectivity index (χ1v) is 7.61. The molecule has 4 rings (SSSR count). The number of nitro groups is 1. The fraction of sp³-hybridized carbons (Fsp3) is 0. The average molecular weight is 323 g/mol. The number of non-ortho nitro benzene ring substituents is 1. The minimum atomic E-state index is -0.468. The number of nitro benzene ring substituents is 1. The molecule has 2 heterocycles. The van der Waals surface area contributed by atoms with Crippen molar-refractivity contribution in [3.63, 3.8) is 0 Å². The maximum atomic E-state index is 12.3. The zero-order chi connectivity index (χ0) is 16.0. The minimum absolute atomic E-state index is 0.0141. The van der Waals surface area contributed by atoms with Crippen molar-refractivity contribution in [3.8, 4) is 5.69 Å². The van der Waals surface area contributed by atoms with Crippen LogP contribution in [0.5, 0.6) is 0 Å². The summed E-state index contributed by atoms with van der Waals surface area (Å²) < 4.78 is 2.27. The molecule has 7 heteroatoms. The second kappa shape index (κ2) is 4.99. The number of rotatable bonds is 2. The molecule has 0 bridgehead atoms. The third-order valence-corrected chi connectivity index (χ3v) is 4.46. The molecule has 2 aromatic heterocycles. The molecule has 0 unspecified atom stereocenters. The number of hydrogen-bond acceptors (Lipinski definition) is 5. The Labute approximate surface area is 133 Å². The fourth-order valence-electron chi connectivity index (χ4n) is 2.50. The number of nitrogens with zero attached hydrogens (tertiary/aromatic N) is 3. The summed E-state index contributed by atoms with van der Waals surface area (Å²) in [6.07, 6.45) is 0. The number of thiazole rings is 1. The molecule has 0 aliphatic heterocycles. The number of benzene rings is 2. The Kier molecular flexibility index (Phi) is 2.95. The summed E-state index contributed by atoms with van der Waals surface area (Å²) in [5.41, 5.74) is 1.91. The van der Waals surface area contributed by atoms with Crippen LogP contribution in [-0.2, 0) is 0 Å². The van der Waals surface area contributed by atoms with Gasteiger partial charge in [-0.15, -0.1) is 0 Å². The summed E-state index contributed by atoms with van der Waals surface area (Å²) in [4.78, 5) is 27.0. The summed E-state index contributed by atoms with van der Waals surface area (Å²) in [5, 5.41) is 11.7. The smallest absolute Gasteiger partial charge is 0.258 e. The molecule has 2 aromatic carbocycles. The number of fused-ring (bicyclic) bond motifs is 2. The predicted molar refractivity (Wildman–Crippen MR) is 89.4 cm³/mol. The van der Waals surface area contributed by atoms with Gasteiger partial charge in [-0.2, -0.15) is 0 Å². The lowest BCUT2D eigenvalue weighted by molar-refractivity contribution is -0.384. The van der Waals surface area contributed by atoms with Crippen LogP contribution in [0.15, 0.2) is 59.4 Å². The first-order valence-electron chi connectivity index (χ1n) is 6.80. The van der Waals surface area contributed by atoms with Crippen molar-refractivity contribution in [2.24, 2.45) is 0 Å². The fourth-order valence-corrected chi connectivity index (χ4v) is 3.38. The Morgan fingerprint density at radius 1 is 1.09 bits per heavy atom. The van der Waals surface area contributed by atoms with Gasteiger partial charge in [-0.3, -0.25) is 19.5 Å². The molecule has 0 aliphatic rings. The third kappa shape index (κ3) is 2.18. The summed E-state index contributed by atoms with van der Waals surface area (Å²) in [6, 6.07) is 15.5. The van der Waals surface area contributed by atoms with Crippen LogP contribution in [0.1, 0.15) is 0 Å². The van der Waals surface area contributed by atoms with Gasteiger partial charge in [0.1, 0.15) is 0 Å². The van der Waals surface area contributed by atoms with Crippen LogP contribution in [0.25, 0.3) is 26.9 Å². The van der Waals surface area contributed by atoms with E-state index in [1.165, 1.54) is 16.7 Å². The van der Waals surface area contributed by atoms with Gasteiger partial charge < -0.3 is 0 Å². The second-order valence-corrected chi connectivity index (χ2v) is 5.97. The number of hydrogen-bond donors (Lipinski definition) is 0. The van der Waals surface area contributed by atoms with Crippen LogP contribution in [0.4, 0.5) is 5.69 Å². The van der Waals surface area contributed by atoms with E-state index in [2.05, 4.69) is 4.98 Å². The van der Waals surface area contributed by atoms with Gasteiger partial charge in [0.05, 0.1) is 20.8 Å². The molecule has 112 valence electrons. The van der Waals surface area contributed by atoms with Crippen molar-refractivity contribution in [3.05, 3.63) is 74.4 Å². The predicted octanol–water partition coefficient (Wildman–Crippen LogP) is 3.51. The minimum Gasteiger partial charge on any atom is -0.258 e. The van der Waals surface area contributed by atoms with Crippen LogP contribution in [-0.4, -0.2) is 14.5 Å². The van der Waals surface area contributed by atoms with E-state index in [1.54, 1.807) is 12.1 Å². The first kappa shape index (κ1) is 13.6. The van der Waals surface area contributed by atoms with Gasteiger partial charge in [-0.25, -0.2) is 4.98 Å². The molecule has 0 N–H and O–H groups in total. The molecule has 0 atom stereocenters. The van der Waals surface area contributed by atoms with Crippen molar-refractivity contribution in [2.45, 2.75) is 0 Å². The van der Waals surface area contributed by atoms with E-state index < -0.39 is 4.92 Å². The van der Waals surface area contributed by atoms with E-state index in [-0.39, 0.29) is 10.6 Å². The van der Waals surface area contributed by atoms with Gasteiger partial charge in [0.15, 0.2) is 5.65 Å². The SMILES string of the molecule is O=c1sc2cc3ccccc3nc2n1-c1ccc([N+](=O)[O-])cc1. The summed E-state index contributed by atoms with van der Waals surface area (Å²) in [5.74, 6) is 0. The lowest BCUT2D eigenvalue weighted by atomic mass is 10.2.